The number of aryl methyl sites for hydroxylation is 1. The summed E-state index contributed by atoms with van der Waals surface area (Å²) in [7, 11) is -1.96. The fourth-order valence-electron chi connectivity index (χ4n) is 1.89. The molecule has 0 unspecified atom stereocenters. The summed E-state index contributed by atoms with van der Waals surface area (Å²) in [5, 5.41) is 6.34. The Bertz CT molecular complexity index is 680. The summed E-state index contributed by atoms with van der Waals surface area (Å²) in [4.78, 5) is 0.168. The molecule has 2 rings (SSSR count). The highest BCUT2D eigenvalue weighted by molar-refractivity contribution is 7.89. The summed E-state index contributed by atoms with van der Waals surface area (Å²) in [5.41, 5.74) is 2.36. The maximum Gasteiger partial charge on any atom is 0.244 e. The molecule has 2 aromatic rings. The predicted octanol–water partition coefficient (Wildman–Crippen LogP) is 1.34. The van der Waals surface area contributed by atoms with Crippen molar-refractivity contribution in [3.8, 4) is 0 Å². The van der Waals surface area contributed by atoms with Gasteiger partial charge in [-0.15, -0.1) is 0 Å². The zero-order valence-electron chi connectivity index (χ0n) is 11.4. The molecule has 6 nitrogen and oxygen atoms in total. The molecule has 1 aromatic carbocycles. The molecule has 0 aliphatic carbocycles. The van der Waals surface area contributed by atoms with Crippen molar-refractivity contribution in [3.05, 3.63) is 47.3 Å². The zero-order valence-corrected chi connectivity index (χ0v) is 12.2. The molecule has 1 aromatic heterocycles. The first-order valence-electron chi connectivity index (χ1n) is 6.10. The van der Waals surface area contributed by atoms with Gasteiger partial charge in [0.05, 0.1) is 18.5 Å². The fraction of sp³-hybridized carbons (Fsp3) is 0.308. The highest BCUT2D eigenvalue weighted by Crippen LogP contribution is 2.14. The third kappa shape index (κ3) is 3.24. The molecule has 0 bridgehead atoms. The number of H-pyrrole nitrogens is 1. The van der Waals surface area contributed by atoms with Crippen molar-refractivity contribution in [2.45, 2.75) is 25.0 Å². The van der Waals surface area contributed by atoms with Crippen molar-refractivity contribution in [1.29, 1.82) is 0 Å². The number of aromatic nitrogens is 2. The molecule has 1 heterocycles. The SMILES string of the molecule is COCc1ccccc1CNS(=O)(=O)c1cn[nH]c1C. The first-order valence-corrected chi connectivity index (χ1v) is 7.58. The Balaban J connectivity index is 2.15. The zero-order chi connectivity index (χ0) is 14.6. The van der Waals surface area contributed by atoms with Crippen LogP contribution in [0.4, 0.5) is 0 Å². The van der Waals surface area contributed by atoms with Crippen LogP contribution in [0.15, 0.2) is 35.4 Å². The first-order chi connectivity index (χ1) is 9.54. The van der Waals surface area contributed by atoms with Crippen molar-refractivity contribution < 1.29 is 13.2 Å². The van der Waals surface area contributed by atoms with Crippen LogP contribution in [0, 0.1) is 6.92 Å². The van der Waals surface area contributed by atoms with Gasteiger partial charge in [0.25, 0.3) is 0 Å². The number of benzene rings is 1. The molecule has 0 aliphatic heterocycles. The molecule has 2 N–H and O–H groups in total. The van der Waals surface area contributed by atoms with Gasteiger partial charge in [-0.3, -0.25) is 5.10 Å². The first kappa shape index (κ1) is 14.7. The van der Waals surface area contributed by atoms with Crippen LogP contribution < -0.4 is 4.72 Å². The molecule has 0 saturated heterocycles. The highest BCUT2D eigenvalue weighted by Gasteiger charge is 2.18. The van der Waals surface area contributed by atoms with Crippen LogP contribution in [0.2, 0.25) is 0 Å². The number of nitrogens with one attached hydrogen (secondary N) is 2. The largest absolute Gasteiger partial charge is 0.380 e. The molecule has 0 aliphatic rings. The minimum absolute atomic E-state index is 0.168. The Morgan fingerprint density at radius 3 is 2.60 bits per heavy atom. The number of hydrogen-bond acceptors (Lipinski definition) is 4. The molecular weight excluding hydrogens is 278 g/mol. The van der Waals surface area contributed by atoms with Crippen LogP contribution >= 0.6 is 0 Å². The minimum Gasteiger partial charge on any atom is -0.380 e. The van der Waals surface area contributed by atoms with E-state index < -0.39 is 10.0 Å². The molecule has 0 radical (unpaired) electrons. The topological polar surface area (TPSA) is 84.1 Å². The van der Waals surface area contributed by atoms with E-state index in [0.717, 1.165) is 11.1 Å². The predicted molar refractivity (Wildman–Crippen MR) is 74.5 cm³/mol. The van der Waals surface area contributed by atoms with Gasteiger partial charge in [-0.25, -0.2) is 13.1 Å². The van der Waals surface area contributed by atoms with E-state index in [4.69, 9.17) is 4.74 Å². The number of rotatable bonds is 6. The lowest BCUT2D eigenvalue weighted by molar-refractivity contribution is 0.184. The number of methoxy groups -OCH3 is 1. The van der Waals surface area contributed by atoms with Crippen LogP contribution in [0.1, 0.15) is 16.8 Å². The maximum absolute atomic E-state index is 12.2. The molecule has 0 atom stereocenters. The second-order valence-corrected chi connectivity index (χ2v) is 6.12. The molecule has 108 valence electrons. The Hall–Kier alpha value is -1.70. The van der Waals surface area contributed by atoms with E-state index in [1.165, 1.54) is 6.20 Å². The van der Waals surface area contributed by atoms with E-state index in [0.29, 0.717) is 12.3 Å². The average molecular weight is 295 g/mol. The van der Waals surface area contributed by atoms with Gasteiger partial charge in [0, 0.05) is 13.7 Å². The van der Waals surface area contributed by atoms with Crippen LogP contribution in [0.3, 0.4) is 0 Å². The van der Waals surface area contributed by atoms with Crippen LogP contribution in [0.5, 0.6) is 0 Å². The van der Waals surface area contributed by atoms with Gasteiger partial charge in [-0.1, -0.05) is 24.3 Å². The second-order valence-electron chi connectivity index (χ2n) is 4.39. The summed E-state index contributed by atoms with van der Waals surface area (Å²) in [5.74, 6) is 0. The molecule has 0 amide bonds. The molecule has 0 spiro atoms. The number of nitrogens with zero attached hydrogens (tertiary/aromatic N) is 1. The summed E-state index contributed by atoms with van der Waals surface area (Å²) in [6.45, 7) is 2.33. The van der Waals surface area contributed by atoms with E-state index in [1.807, 2.05) is 24.3 Å². The van der Waals surface area contributed by atoms with Gasteiger partial charge in [-0.05, 0) is 18.1 Å². The average Bonchev–Trinajstić information content (AvgIpc) is 2.85. The molecule has 0 fully saturated rings. The van der Waals surface area contributed by atoms with E-state index in [1.54, 1.807) is 14.0 Å². The molecule has 7 heteroatoms. The Kier molecular flexibility index (Phi) is 4.53. The van der Waals surface area contributed by atoms with Gasteiger partial charge in [0.2, 0.25) is 10.0 Å². The summed E-state index contributed by atoms with van der Waals surface area (Å²) < 4.78 is 32.0. The lowest BCUT2D eigenvalue weighted by Crippen LogP contribution is -2.24. The van der Waals surface area contributed by atoms with E-state index in [-0.39, 0.29) is 11.4 Å². The Morgan fingerprint density at radius 2 is 2.00 bits per heavy atom. The number of ether oxygens (including phenoxy) is 1. The van der Waals surface area contributed by atoms with Gasteiger partial charge >= 0.3 is 0 Å². The van der Waals surface area contributed by atoms with Crippen LogP contribution in [0.25, 0.3) is 0 Å². The standard InChI is InChI=1S/C13H17N3O3S/c1-10-13(8-14-16-10)20(17,18)15-7-11-5-3-4-6-12(11)9-19-2/h3-6,8,15H,7,9H2,1-2H3,(H,14,16). The third-order valence-corrected chi connectivity index (χ3v) is 4.46. The summed E-state index contributed by atoms with van der Waals surface area (Å²) >= 11 is 0. The number of aromatic amines is 1. The smallest absolute Gasteiger partial charge is 0.244 e. The quantitative estimate of drug-likeness (QED) is 0.842. The number of sulfonamides is 1. The van der Waals surface area contributed by atoms with Gasteiger partial charge in [0.15, 0.2) is 0 Å². The van der Waals surface area contributed by atoms with Gasteiger partial charge in [-0.2, -0.15) is 5.10 Å². The van der Waals surface area contributed by atoms with Crippen molar-refractivity contribution in [2.24, 2.45) is 0 Å². The monoisotopic (exact) mass is 295 g/mol. The normalized spacial score (nSPS) is 11.7. The molecule has 0 saturated carbocycles. The van der Waals surface area contributed by atoms with Crippen molar-refractivity contribution in [1.82, 2.24) is 14.9 Å². The summed E-state index contributed by atoms with van der Waals surface area (Å²) in [6.07, 6.45) is 1.30. The summed E-state index contributed by atoms with van der Waals surface area (Å²) in [6, 6.07) is 7.55. The third-order valence-electron chi connectivity index (χ3n) is 2.94. The fourth-order valence-corrected chi connectivity index (χ4v) is 3.03. The lowest BCUT2D eigenvalue weighted by atomic mass is 10.1. The lowest BCUT2D eigenvalue weighted by Gasteiger charge is -2.10. The Morgan fingerprint density at radius 1 is 1.30 bits per heavy atom. The van der Waals surface area contributed by atoms with E-state index >= 15 is 0 Å². The maximum atomic E-state index is 12.2. The van der Waals surface area contributed by atoms with Crippen LogP contribution in [-0.2, 0) is 27.9 Å². The second kappa shape index (κ2) is 6.17. The van der Waals surface area contributed by atoms with Gasteiger partial charge in [0.1, 0.15) is 4.90 Å². The molecular formula is C13H17N3O3S. The minimum atomic E-state index is -3.56. The van der Waals surface area contributed by atoms with Gasteiger partial charge < -0.3 is 4.74 Å². The van der Waals surface area contributed by atoms with Crippen molar-refractivity contribution in [2.75, 3.05) is 7.11 Å². The Labute approximate surface area is 118 Å². The van der Waals surface area contributed by atoms with E-state index in [2.05, 4.69) is 14.9 Å². The molecule has 20 heavy (non-hydrogen) atoms. The van der Waals surface area contributed by atoms with Crippen molar-refractivity contribution in [3.63, 3.8) is 0 Å². The van der Waals surface area contributed by atoms with Crippen molar-refractivity contribution >= 4 is 10.0 Å². The highest BCUT2D eigenvalue weighted by atomic mass is 32.2. The number of hydrogen-bond donors (Lipinski definition) is 2. The van der Waals surface area contributed by atoms with E-state index in [9.17, 15) is 8.42 Å². The van der Waals surface area contributed by atoms with Crippen LogP contribution in [-0.4, -0.2) is 25.7 Å².